The summed E-state index contributed by atoms with van der Waals surface area (Å²) in [5.41, 5.74) is 2.55. The van der Waals surface area contributed by atoms with Crippen LogP contribution in [0.1, 0.15) is 17.5 Å². The van der Waals surface area contributed by atoms with Crippen LogP contribution in [0.2, 0.25) is 5.02 Å². The van der Waals surface area contributed by atoms with Gasteiger partial charge in [0.2, 0.25) is 11.8 Å². The molecule has 1 fully saturated rings. The van der Waals surface area contributed by atoms with Gasteiger partial charge in [-0.1, -0.05) is 23.7 Å². The van der Waals surface area contributed by atoms with E-state index in [4.69, 9.17) is 11.6 Å². The van der Waals surface area contributed by atoms with E-state index in [2.05, 4.69) is 5.32 Å². The predicted molar refractivity (Wildman–Crippen MR) is 99.6 cm³/mol. The fraction of sp³-hybridized carbons (Fsp3) is 0.300. The normalized spacial score (nSPS) is 16.8. The molecular formula is C20H20ClFN2O2. The molecule has 1 N–H and O–H groups in total. The summed E-state index contributed by atoms with van der Waals surface area (Å²) in [6.45, 7) is 2.79. The Bertz CT molecular complexity index is 823. The molecule has 0 bridgehead atoms. The van der Waals surface area contributed by atoms with E-state index in [1.807, 2.05) is 6.92 Å². The zero-order chi connectivity index (χ0) is 18.7. The molecule has 1 heterocycles. The van der Waals surface area contributed by atoms with Crippen LogP contribution >= 0.6 is 11.6 Å². The SMILES string of the molecule is Cc1cc(Cl)ccc1NC(=O)C1CC(=O)N(CCc2ccc(F)cc2)C1. The second kappa shape index (κ2) is 7.87. The van der Waals surface area contributed by atoms with Crippen molar-refractivity contribution in [3.63, 3.8) is 0 Å². The standard InChI is InChI=1S/C20H20ClFN2O2/c1-13-10-16(21)4-7-18(13)23-20(26)15-11-19(25)24(12-15)9-8-14-2-5-17(22)6-3-14/h2-7,10,15H,8-9,11-12H2,1H3,(H,23,26). The first-order valence-electron chi connectivity index (χ1n) is 8.51. The highest BCUT2D eigenvalue weighted by Gasteiger charge is 2.34. The Labute approximate surface area is 157 Å². The van der Waals surface area contributed by atoms with E-state index >= 15 is 0 Å². The van der Waals surface area contributed by atoms with E-state index in [0.717, 1.165) is 11.1 Å². The number of carbonyl (C=O) groups excluding carboxylic acids is 2. The summed E-state index contributed by atoms with van der Waals surface area (Å²) in [6.07, 6.45) is 0.846. The van der Waals surface area contributed by atoms with E-state index in [0.29, 0.717) is 30.2 Å². The Kier molecular flexibility index (Phi) is 5.57. The van der Waals surface area contributed by atoms with Crippen molar-refractivity contribution in [3.05, 3.63) is 64.4 Å². The Balaban J connectivity index is 1.56. The van der Waals surface area contributed by atoms with Gasteiger partial charge < -0.3 is 10.2 Å². The lowest BCUT2D eigenvalue weighted by molar-refractivity contribution is -0.128. The second-order valence-electron chi connectivity index (χ2n) is 6.57. The minimum atomic E-state index is -0.370. The molecule has 1 unspecified atom stereocenters. The van der Waals surface area contributed by atoms with Gasteiger partial charge in [0.05, 0.1) is 5.92 Å². The van der Waals surface area contributed by atoms with Crippen molar-refractivity contribution in [2.75, 3.05) is 18.4 Å². The third-order valence-electron chi connectivity index (χ3n) is 4.62. The first kappa shape index (κ1) is 18.4. The number of carbonyl (C=O) groups is 2. The molecule has 0 radical (unpaired) electrons. The number of nitrogens with zero attached hydrogens (tertiary/aromatic N) is 1. The van der Waals surface area contributed by atoms with Crippen molar-refractivity contribution in [2.45, 2.75) is 19.8 Å². The minimum absolute atomic E-state index is 0.0277. The fourth-order valence-electron chi connectivity index (χ4n) is 3.08. The van der Waals surface area contributed by atoms with Crippen molar-refractivity contribution >= 4 is 29.1 Å². The van der Waals surface area contributed by atoms with Crippen molar-refractivity contribution in [2.24, 2.45) is 5.92 Å². The van der Waals surface area contributed by atoms with Gasteiger partial charge in [-0.25, -0.2) is 4.39 Å². The number of rotatable bonds is 5. The lowest BCUT2D eigenvalue weighted by atomic mass is 10.1. The van der Waals surface area contributed by atoms with Crippen LogP contribution in [-0.4, -0.2) is 29.8 Å². The van der Waals surface area contributed by atoms with Crippen molar-refractivity contribution in [1.29, 1.82) is 0 Å². The van der Waals surface area contributed by atoms with Crippen LogP contribution in [0.3, 0.4) is 0 Å². The van der Waals surface area contributed by atoms with Gasteiger partial charge in [-0.3, -0.25) is 9.59 Å². The first-order valence-corrected chi connectivity index (χ1v) is 8.89. The summed E-state index contributed by atoms with van der Waals surface area (Å²) >= 11 is 5.93. The van der Waals surface area contributed by atoms with E-state index in [1.165, 1.54) is 12.1 Å². The largest absolute Gasteiger partial charge is 0.342 e. The molecule has 1 aliphatic rings. The number of benzene rings is 2. The van der Waals surface area contributed by atoms with Crippen LogP contribution < -0.4 is 5.32 Å². The quantitative estimate of drug-likeness (QED) is 0.865. The lowest BCUT2D eigenvalue weighted by Gasteiger charge is -2.17. The monoisotopic (exact) mass is 374 g/mol. The molecule has 2 aromatic rings. The van der Waals surface area contributed by atoms with Crippen LogP contribution in [0.15, 0.2) is 42.5 Å². The van der Waals surface area contributed by atoms with Gasteiger partial charge in [0.15, 0.2) is 0 Å². The molecule has 0 spiro atoms. The summed E-state index contributed by atoms with van der Waals surface area (Å²) in [5.74, 6) is -0.834. The number of amides is 2. The predicted octanol–water partition coefficient (Wildman–Crippen LogP) is 3.82. The van der Waals surface area contributed by atoms with Gasteiger partial charge in [-0.15, -0.1) is 0 Å². The van der Waals surface area contributed by atoms with Gasteiger partial charge in [-0.2, -0.15) is 0 Å². The number of hydrogen-bond donors (Lipinski definition) is 1. The van der Waals surface area contributed by atoms with Gasteiger partial charge in [0.1, 0.15) is 5.82 Å². The average molecular weight is 375 g/mol. The molecule has 26 heavy (non-hydrogen) atoms. The van der Waals surface area contributed by atoms with Crippen LogP contribution in [0.5, 0.6) is 0 Å². The second-order valence-corrected chi connectivity index (χ2v) is 7.00. The van der Waals surface area contributed by atoms with Gasteiger partial charge in [0.25, 0.3) is 0 Å². The van der Waals surface area contributed by atoms with Crippen molar-refractivity contribution in [1.82, 2.24) is 4.90 Å². The molecule has 2 amide bonds. The number of halogens is 2. The maximum absolute atomic E-state index is 12.9. The van der Waals surface area contributed by atoms with Crippen LogP contribution in [0.4, 0.5) is 10.1 Å². The molecule has 4 nitrogen and oxygen atoms in total. The Morgan fingerprint density at radius 2 is 2.00 bits per heavy atom. The third-order valence-corrected chi connectivity index (χ3v) is 4.85. The molecule has 0 aliphatic carbocycles. The molecule has 0 saturated carbocycles. The summed E-state index contributed by atoms with van der Waals surface area (Å²) in [6, 6.07) is 11.5. The van der Waals surface area contributed by atoms with Crippen LogP contribution in [-0.2, 0) is 16.0 Å². The minimum Gasteiger partial charge on any atom is -0.342 e. The average Bonchev–Trinajstić information content (AvgIpc) is 2.98. The fourth-order valence-corrected chi connectivity index (χ4v) is 3.31. The van der Waals surface area contributed by atoms with Gasteiger partial charge >= 0.3 is 0 Å². The summed E-state index contributed by atoms with van der Waals surface area (Å²) in [5, 5.41) is 3.50. The van der Waals surface area contributed by atoms with E-state index < -0.39 is 0 Å². The maximum Gasteiger partial charge on any atom is 0.229 e. The highest BCUT2D eigenvalue weighted by Crippen LogP contribution is 2.23. The summed E-state index contributed by atoms with van der Waals surface area (Å²) < 4.78 is 12.9. The molecule has 1 aliphatic heterocycles. The van der Waals surface area contributed by atoms with E-state index in [1.54, 1.807) is 35.2 Å². The first-order chi connectivity index (χ1) is 12.4. The molecule has 1 saturated heterocycles. The maximum atomic E-state index is 12.9. The lowest BCUT2D eigenvalue weighted by Crippen LogP contribution is -2.30. The topological polar surface area (TPSA) is 49.4 Å². The zero-order valence-corrected chi connectivity index (χ0v) is 15.2. The highest BCUT2D eigenvalue weighted by molar-refractivity contribution is 6.30. The third kappa shape index (κ3) is 4.41. The van der Waals surface area contributed by atoms with Gasteiger partial charge in [-0.05, 0) is 54.8 Å². The smallest absolute Gasteiger partial charge is 0.229 e. The van der Waals surface area contributed by atoms with Crippen LogP contribution in [0.25, 0.3) is 0 Å². The molecule has 1 atom stereocenters. The van der Waals surface area contributed by atoms with Crippen molar-refractivity contribution in [3.8, 4) is 0 Å². The number of likely N-dealkylation sites (tertiary alicyclic amines) is 1. The Morgan fingerprint density at radius 1 is 1.27 bits per heavy atom. The number of nitrogens with one attached hydrogen (secondary N) is 1. The molecule has 3 rings (SSSR count). The molecular weight excluding hydrogens is 355 g/mol. The zero-order valence-electron chi connectivity index (χ0n) is 14.5. The van der Waals surface area contributed by atoms with Crippen molar-refractivity contribution < 1.29 is 14.0 Å². The highest BCUT2D eigenvalue weighted by atomic mass is 35.5. The van der Waals surface area contributed by atoms with Gasteiger partial charge in [0, 0.05) is 30.2 Å². The molecule has 2 aromatic carbocycles. The van der Waals surface area contributed by atoms with Crippen LogP contribution in [0, 0.1) is 18.7 Å². The van der Waals surface area contributed by atoms with E-state index in [-0.39, 0.29) is 30.0 Å². The van der Waals surface area contributed by atoms with E-state index in [9.17, 15) is 14.0 Å². The molecule has 6 heteroatoms. The number of hydrogen-bond acceptors (Lipinski definition) is 2. The molecule has 0 aromatic heterocycles. The molecule has 136 valence electrons. The number of anilines is 1. The number of aryl methyl sites for hydroxylation is 1. The summed E-state index contributed by atoms with van der Waals surface area (Å²) in [4.78, 5) is 26.4. The Morgan fingerprint density at radius 3 is 2.69 bits per heavy atom. The Hall–Kier alpha value is -2.40. The summed E-state index contributed by atoms with van der Waals surface area (Å²) in [7, 11) is 0.